The predicted molar refractivity (Wildman–Crippen MR) is 109 cm³/mol. The van der Waals surface area contributed by atoms with Crippen LogP contribution in [0.3, 0.4) is 0 Å². The summed E-state index contributed by atoms with van der Waals surface area (Å²) in [7, 11) is 0. The van der Waals surface area contributed by atoms with Gasteiger partial charge >= 0.3 is 0 Å². The Hall–Kier alpha value is -1.06. The van der Waals surface area contributed by atoms with Crippen LogP contribution in [0.25, 0.3) is 11.1 Å². The van der Waals surface area contributed by atoms with Crippen LogP contribution in [0.15, 0.2) is 42.5 Å². The minimum absolute atomic E-state index is 0. The van der Waals surface area contributed by atoms with Gasteiger partial charge in [0, 0.05) is 32.2 Å². The summed E-state index contributed by atoms with van der Waals surface area (Å²) in [5.41, 5.74) is 7.48. The van der Waals surface area contributed by atoms with E-state index >= 15 is 0 Å². The van der Waals surface area contributed by atoms with Crippen molar-refractivity contribution in [2.75, 3.05) is 26.2 Å². The molecule has 2 fully saturated rings. The van der Waals surface area contributed by atoms with Gasteiger partial charge in [-0.3, -0.25) is 4.90 Å². The average molecular weight is 377 g/mol. The number of hydrogen-bond donors (Lipinski definition) is 1. The predicted octanol–water partition coefficient (Wildman–Crippen LogP) is 4.46. The third-order valence-electron chi connectivity index (χ3n) is 5.77. The molecule has 1 heterocycles. The van der Waals surface area contributed by atoms with Crippen LogP contribution in [0, 0.1) is 5.92 Å². The summed E-state index contributed by atoms with van der Waals surface area (Å²) in [4.78, 5) is 2.72. The number of benzene rings is 2. The topological polar surface area (TPSA) is 15.3 Å². The van der Waals surface area contributed by atoms with Crippen molar-refractivity contribution in [3.05, 3.63) is 59.2 Å². The smallest absolute Gasteiger partial charge is 0.0377 e. The highest BCUT2D eigenvalue weighted by atomic mass is 35.5. The van der Waals surface area contributed by atoms with Gasteiger partial charge in [-0.1, -0.05) is 42.5 Å². The van der Waals surface area contributed by atoms with E-state index in [0.29, 0.717) is 6.04 Å². The van der Waals surface area contributed by atoms with E-state index in [9.17, 15) is 0 Å². The van der Waals surface area contributed by atoms with Gasteiger partial charge in [-0.2, -0.15) is 0 Å². The molecule has 0 radical (unpaired) electrons. The Morgan fingerprint density at radius 3 is 2.36 bits per heavy atom. The van der Waals surface area contributed by atoms with Crippen molar-refractivity contribution >= 4 is 24.8 Å². The number of rotatable bonds is 3. The number of nitrogens with zero attached hydrogens (tertiary/aromatic N) is 1. The van der Waals surface area contributed by atoms with Crippen LogP contribution in [0.4, 0.5) is 0 Å². The van der Waals surface area contributed by atoms with Crippen LogP contribution in [-0.2, 0) is 6.42 Å². The molecule has 1 aliphatic heterocycles. The second-order valence-electron chi connectivity index (χ2n) is 7.32. The van der Waals surface area contributed by atoms with E-state index in [-0.39, 0.29) is 24.8 Å². The van der Waals surface area contributed by atoms with Crippen LogP contribution >= 0.6 is 24.8 Å². The zero-order valence-electron chi connectivity index (χ0n) is 14.4. The van der Waals surface area contributed by atoms with Gasteiger partial charge in [-0.25, -0.2) is 0 Å². The van der Waals surface area contributed by atoms with Crippen LogP contribution in [0.1, 0.15) is 35.6 Å². The largest absolute Gasteiger partial charge is 0.314 e. The SMILES string of the molecule is Cl.Cl.c1ccc2c(c1)Cc1cc([C@@H](C3CC3)N3CCNCC3)ccc1-2. The summed E-state index contributed by atoms with van der Waals surface area (Å²) >= 11 is 0. The third-order valence-corrected chi connectivity index (χ3v) is 5.77. The van der Waals surface area contributed by atoms with Crippen LogP contribution in [0.2, 0.25) is 0 Å². The summed E-state index contributed by atoms with van der Waals surface area (Å²) in [6, 6.07) is 16.8. The molecule has 25 heavy (non-hydrogen) atoms. The number of piperazine rings is 1. The van der Waals surface area contributed by atoms with E-state index in [1.54, 1.807) is 5.56 Å². The number of halogens is 2. The van der Waals surface area contributed by atoms with Crippen molar-refractivity contribution in [3.63, 3.8) is 0 Å². The lowest BCUT2D eigenvalue weighted by Crippen LogP contribution is -2.45. The van der Waals surface area contributed by atoms with Gasteiger partial charge in [-0.05, 0) is 53.0 Å². The molecule has 134 valence electrons. The molecule has 3 aliphatic rings. The van der Waals surface area contributed by atoms with E-state index in [4.69, 9.17) is 0 Å². The third kappa shape index (κ3) is 3.46. The first kappa shape index (κ1) is 18.7. The summed E-state index contributed by atoms with van der Waals surface area (Å²) in [6.45, 7) is 4.66. The lowest BCUT2D eigenvalue weighted by atomic mass is 9.95. The Kier molecular flexibility index (Phi) is 5.75. The number of hydrogen-bond acceptors (Lipinski definition) is 2. The van der Waals surface area contributed by atoms with E-state index in [0.717, 1.165) is 25.4 Å². The molecule has 2 aromatic carbocycles. The molecule has 0 amide bonds. The average Bonchev–Trinajstić information content (AvgIpc) is 3.36. The van der Waals surface area contributed by atoms with Gasteiger partial charge < -0.3 is 5.32 Å². The van der Waals surface area contributed by atoms with E-state index in [1.807, 2.05) is 0 Å². The minimum atomic E-state index is 0. The summed E-state index contributed by atoms with van der Waals surface area (Å²) in [5, 5.41) is 3.49. The lowest BCUT2D eigenvalue weighted by Gasteiger charge is -2.35. The van der Waals surface area contributed by atoms with E-state index in [2.05, 4.69) is 52.7 Å². The molecule has 2 aromatic rings. The van der Waals surface area contributed by atoms with Crippen molar-refractivity contribution in [2.24, 2.45) is 5.92 Å². The van der Waals surface area contributed by atoms with Crippen LogP contribution in [0.5, 0.6) is 0 Å². The van der Waals surface area contributed by atoms with Gasteiger partial charge in [0.25, 0.3) is 0 Å². The molecule has 0 spiro atoms. The molecule has 0 unspecified atom stereocenters. The molecule has 2 nitrogen and oxygen atoms in total. The Bertz CT molecular complexity index is 736. The Morgan fingerprint density at radius 1 is 0.880 bits per heavy atom. The van der Waals surface area contributed by atoms with Gasteiger partial charge in [0.2, 0.25) is 0 Å². The standard InChI is InChI=1S/C21H24N2.2ClH/c1-2-4-19-16(3-1)13-18-14-17(7-8-20(18)19)21(15-5-6-15)23-11-9-22-10-12-23;;/h1-4,7-8,14-15,21-22H,5-6,9-13H2;2*1H/t21-;;/m1../s1. The molecule has 0 aromatic heterocycles. The number of fused-ring (bicyclic) bond motifs is 3. The monoisotopic (exact) mass is 376 g/mol. The van der Waals surface area contributed by atoms with Gasteiger partial charge in [0.05, 0.1) is 0 Å². The molecular formula is C21H26Cl2N2. The van der Waals surface area contributed by atoms with Gasteiger partial charge in [-0.15, -0.1) is 24.8 Å². The zero-order valence-corrected chi connectivity index (χ0v) is 16.0. The van der Waals surface area contributed by atoms with Crippen molar-refractivity contribution < 1.29 is 0 Å². The fourth-order valence-electron chi connectivity index (χ4n) is 4.50. The summed E-state index contributed by atoms with van der Waals surface area (Å²) in [5.74, 6) is 0.884. The van der Waals surface area contributed by atoms with Crippen molar-refractivity contribution in [1.29, 1.82) is 0 Å². The van der Waals surface area contributed by atoms with Gasteiger partial charge in [0.15, 0.2) is 0 Å². The lowest BCUT2D eigenvalue weighted by molar-refractivity contribution is 0.156. The highest BCUT2D eigenvalue weighted by molar-refractivity contribution is 5.85. The Morgan fingerprint density at radius 2 is 1.60 bits per heavy atom. The molecule has 1 saturated heterocycles. The minimum Gasteiger partial charge on any atom is -0.314 e. The zero-order chi connectivity index (χ0) is 15.2. The molecule has 5 rings (SSSR count). The van der Waals surface area contributed by atoms with Crippen molar-refractivity contribution in [1.82, 2.24) is 10.2 Å². The fourth-order valence-corrected chi connectivity index (χ4v) is 4.50. The summed E-state index contributed by atoms with van der Waals surface area (Å²) in [6.07, 6.45) is 3.93. The normalized spacial score (nSPS) is 20.0. The van der Waals surface area contributed by atoms with E-state index in [1.165, 1.54) is 48.2 Å². The first-order chi connectivity index (χ1) is 11.4. The van der Waals surface area contributed by atoms with Gasteiger partial charge in [0.1, 0.15) is 0 Å². The molecule has 2 aliphatic carbocycles. The van der Waals surface area contributed by atoms with Crippen LogP contribution < -0.4 is 5.32 Å². The fraction of sp³-hybridized carbons (Fsp3) is 0.429. The number of nitrogens with one attached hydrogen (secondary N) is 1. The second-order valence-corrected chi connectivity index (χ2v) is 7.32. The maximum Gasteiger partial charge on any atom is 0.0377 e. The molecule has 1 N–H and O–H groups in total. The van der Waals surface area contributed by atoms with Crippen molar-refractivity contribution in [2.45, 2.75) is 25.3 Å². The highest BCUT2D eigenvalue weighted by Crippen LogP contribution is 2.46. The quantitative estimate of drug-likeness (QED) is 0.725. The summed E-state index contributed by atoms with van der Waals surface area (Å²) < 4.78 is 0. The second kappa shape index (κ2) is 7.67. The Balaban J connectivity index is 0.000000911. The molecule has 4 heteroatoms. The van der Waals surface area contributed by atoms with E-state index < -0.39 is 0 Å². The van der Waals surface area contributed by atoms with Crippen LogP contribution in [-0.4, -0.2) is 31.1 Å². The first-order valence-corrected chi connectivity index (χ1v) is 9.06. The van der Waals surface area contributed by atoms with Crippen molar-refractivity contribution in [3.8, 4) is 11.1 Å². The molecule has 1 atom stereocenters. The highest BCUT2D eigenvalue weighted by Gasteiger charge is 2.37. The maximum atomic E-state index is 3.49. The Labute approximate surface area is 162 Å². The molecular weight excluding hydrogens is 351 g/mol. The molecule has 0 bridgehead atoms. The first-order valence-electron chi connectivity index (χ1n) is 9.06. The molecule has 1 saturated carbocycles. The maximum absolute atomic E-state index is 3.49.